The zero-order chi connectivity index (χ0) is 18.2. The number of rotatable bonds is 7. The van der Waals surface area contributed by atoms with Gasteiger partial charge in [-0.25, -0.2) is 14.4 Å². The molecule has 1 unspecified atom stereocenters. The molecule has 0 aliphatic rings. The number of guanidine groups is 1. The predicted octanol–water partition coefficient (Wildman–Crippen LogP) is 4.21. The quantitative estimate of drug-likeness (QED) is 0.358. The number of ether oxygens (including phenoxy) is 1. The van der Waals surface area contributed by atoms with E-state index in [1.165, 1.54) is 6.07 Å². The first-order valence-electron chi connectivity index (χ1n) is 8.25. The van der Waals surface area contributed by atoms with Crippen LogP contribution in [0.2, 0.25) is 0 Å². The molecule has 26 heavy (non-hydrogen) atoms. The maximum Gasteiger partial charge on any atom is 0.194 e. The van der Waals surface area contributed by atoms with E-state index in [0.717, 1.165) is 23.2 Å². The molecular weight excluding hydrogens is 466 g/mol. The van der Waals surface area contributed by atoms with E-state index >= 15 is 0 Å². The molecular formula is C18H26FIN4OS. The summed E-state index contributed by atoms with van der Waals surface area (Å²) in [5.41, 5.74) is 1.54. The third-order valence-electron chi connectivity index (χ3n) is 3.72. The van der Waals surface area contributed by atoms with Crippen molar-refractivity contribution >= 4 is 41.3 Å². The van der Waals surface area contributed by atoms with Crippen LogP contribution in [0.4, 0.5) is 4.39 Å². The molecule has 5 nitrogen and oxygen atoms in total. The Kier molecular flexibility index (Phi) is 10.0. The van der Waals surface area contributed by atoms with Crippen LogP contribution >= 0.6 is 35.3 Å². The van der Waals surface area contributed by atoms with Crippen LogP contribution in [0.1, 0.15) is 36.2 Å². The van der Waals surface area contributed by atoms with E-state index in [9.17, 15) is 4.39 Å². The highest BCUT2D eigenvalue weighted by molar-refractivity contribution is 14.0. The molecule has 0 saturated heterocycles. The Balaban J connectivity index is 0.00000338. The van der Waals surface area contributed by atoms with Crippen molar-refractivity contribution < 1.29 is 9.13 Å². The van der Waals surface area contributed by atoms with Crippen molar-refractivity contribution in [3.63, 3.8) is 0 Å². The molecule has 2 aromatic rings. The first-order chi connectivity index (χ1) is 12.0. The van der Waals surface area contributed by atoms with Gasteiger partial charge in [-0.15, -0.1) is 35.3 Å². The molecule has 1 atom stereocenters. The molecule has 1 aromatic heterocycles. The van der Waals surface area contributed by atoms with Crippen LogP contribution in [0.25, 0.3) is 0 Å². The van der Waals surface area contributed by atoms with Crippen molar-refractivity contribution in [1.29, 1.82) is 0 Å². The SMILES string of the molecule is CCNC(=NCc1ccccc1F)N(C)Cc1csc(C(C)OC)n1.I. The van der Waals surface area contributed by atoms with Gasteiger partial charge < -0.3 is 15.0 Å². The fourth-order valence-corrected chi connectivity index (χ4v) is 3.10. The number of thiazole rings is 1. The molecule has 0 amide bonds. The van der Waals surface area contributed by atoms with Crippen LogP contribution in [0, 0.1) is 5.82 Å². The number of nitrogens with zero attached hydrogens (tertiary/aromatic N) is 3. The first kappa shape index (κ1) is 22.8. The van der Waals surface area contributed by atoms with Gasteiger partial charge in [0.1, 0.15) is 16.9 Å². The molecule has 0 bridgehead atoms. The Labute approximate surface area is 175 Å². The lowest BCUT2D eigenvalue weighted by Crippen LogP contribution is -2.38. The molecule has 1 aromatic carbocycles. The number of halogens is 2. The van der Waals surface area contributed by atoms with Crippen molar-refractivity contribution in [3.8, 4) is 0 Å². The molecule has 2 rings (SSSR count). The highest BCUT2D eigenvalue weighted by Gasteiger charge is 2.13. The topological polar surface area (TPSA) is 49.8 Å². The van der Waals surface area contributed by atoms with Gasteiger partial charge in [-0.1, -0.05) is 18.2 Å². The largest absolute Gasteiger partial charge is 0.375 e. The summed E-state index contributed by atoms with van der Waals surface area (Å²) in [7, 11) is 3.62. The van der Waals surface area contributed by atoms with Crippen LogP contribution in [0.15, 0.2) is 34.6 Å². The van der Waals surface area contributed by atoms with Crippen LogP contribution in [0.3, 0.4) is 0 Å². The molecule has 144 valence electrons. The fourth-order valence-electron chi connectivity index (χ4n) is 2.26. The van der Waals surface area contributed by atoms with Crippen molar-refractivity contribution in [2.75, 3.05) is 20.7 Å². The summed E-state index contributed by atoms with van der Waals surface area (Å²) in [6.45, 7) is 5.64. The van der Waals surface area contributed by atoms with Crippen LogP contribution < -0.4 is 5.32 Å². The number of hydrogen-bond acceptors (Lipinski definition) is 4. The first-order valence-corrected chi connectivity index (χ1v) is 9.13. The molecule has 0 radical (unpaired) electrons. The van der Waals surface area contributed by atoms with Crippen LogP contribution in [-0.4, -0.2) is 36.5 Å². The smallest absolute Gasteiger partial charge is 0.194 e. The summed E-state index contributed by atoms with van der Waals surface area (Å²) in [4.78, 5) is 11.1. The van der Waals surface area contributed by atoms with Gasteiger partial charge in [0.25, 0.3) is 0 Å². The minimum Gasteiger partial charge on any atom is -0.375 e. The summed E-state index contributed by atoms with van der Waals surface area (Å²) in [5.74, 6) is 0.488. The molecule has 0 aliphatic heterocycles. The van der Waals surface area contributed by atoms with Crippen molar-refractivity contribution in [1.82, 2.24) is 15.2 Å². The number of aliphatic imine (C=N–C) groups is 1. The average molecular weight is 492 g/mol. The van der Waals surface area contributed by atoms with E-state index in [0.29, 0.717) is 18.7 Å². The molecule has 1 N–H and O–H groups in total. The van der Waals surface area contributed by atoms with Gasteiger partial charge in [0.15, 0.2) is 5.96 Å². The highest BCUT2D eigenvalue weighted by atomic mass is 127. The summed E-state index contributed by atoms with van der Waals surface area (Å²) in [6.07, 6.45) is -0.00739. The predicted molar refractivity (Wildman–Crippen MR) is 116 cm³/mol. The second-order valence-corrected chi connectivity index (χ2v) is 6.56. The zero-order valence-corrected chi connectivity index (χ0v) is 18.7. The summed E-state index contributed by atoms with van der Waals surface area (Å²) in [6, 6.07) is 6.70. The monoisotopic (exact) mass is 492 g/mol. The Morgan fingerprint density at radius 2 is 2.15 bits per heavy atom. The van der Waals surface area contributed by atoms with Gasteiger partial charge >= 0.3 is 0 Å². The number of benzene rings is 1. The minimum absolute atomic E-state index is 0. The number of aromatic nitrogens is 1. The van der Waals surface area contributed by atoms with E-state index in [-0.39, 0.29) is 35.9 Å². The van der Waals surface area contributed by atoms with Gasteiger partial charge in [-0.05, 0) is 19.9 Å². The Morgan fingerprint density at radius 1 is 1.42 bits per heavy atom. The van der Waals surface area contributed by atoms with Gasteiger partial charge in [0.2, 0.25) is 0 Å². The standard InChI is InChI=1S/C18H25FN4OS.HI/c1-5-20-18(21-10-14-8-6-7-9-16(14)19)23(3)11-15-12-25-17(22-15)13(2)24-4;/h6-9,12-13H,5,10-11H2,1-4H3,(H,20,21);1H. The lowest BCUT2D eigenvalue weighted by molar-refractivity contribution is 0.119. The van der Waals surface area contributed by atoms with E-state index in [4.69, 9.17) is 4.74 Å². The van der Waals surface area contributed by atoms with Gasteiger partial charge in [0, 0.05) is 31.6 Å². The molecule has 0 saturated carbocycles. The Bertz CT molecular complexity index is 710. The van der Waals surface area contributed by atoms with Crippen molar-refractivity contribution in [3.05, 3.63) is 51.7 Å². The summed E-state index contributed by atoms with van der Waals surface area (Å²) < 4.78 is 19.1. The zero-order valence-electron chi connectivity index (χ0n) is 15.5. The van der Waals surface area contributed by atoms with E-state index in [1.807, 2.05) is 37.2 Å². The lowest BCUT2D eigenvalue weighted by Gasteiger charge is -2.21. The second kappa shape index (κ2) is 11.5. The highest BCUT2D eigenvalue weighted by Crippen LogP contribution is 2.21. The third-order valence-corrected chi connectivity index (χ3v) is 4.78. The Morgan fingerprint density at radius 3 is 2.81 bits per heavy atom. The molecule has 0 fully saturated rings. The van der Waals surface area contributed by atoms with E-state index in [1.54, 1.807) is 30.6 Å². The van der Waals surface area contributed by atoms with Crippen LogP contribution in [-0.2, 0) is 17.8 Å². The van der Waals surface area contributed by atoms with E-state index in [2.05, 4.69) is 15.3 Å². The van der Waals surface area contributed by atoms with Crippen LogP contribution in [0.5, 0.6) is 0 Å². The normalized spacial score (nSPS) is 12.4. The summed E-state index contributed by atoms with van der Waals surface area (Å²) in [5, 5.41) is 6.22. The van der Waals surface area contributed by atoms with Gasteiger partial charge in [-0.2, -0.15) is 0 Å². The maximum absolute atomic E-state index is 13.8. The molecule has 1 heterocycles. The maximum atomic E-state index is 13.8. The number of methoxy groups -OCH3 is 1. The second-order valence-electron chi connectivity index (χ2n) is 5.67. The number of hydrogen-bond donors (Lipinski definition) is 1. The number of nitrogens with one attached hydrogen (secondary N) is 1. The molecule has 0 aliphatic carbocycles. The third kappa shape index (κ3) is 6.48. The van der Waals surface area contributed by atoms with Crippen molar-refractivity contribution in [2.24, 2.45) is 4.99 Å². The minimum atomic E-state index is -0.234. The van der Waals surface area contributed by atoms with E-state index < -0.39 is 0 Å². The summed E-state index contributed by atoms with van der Waals surface area (Å²) >= 11 is 1.59. The van der Waals surface area contributed by atoms with Gasteiger partial charge in [0.05, 0.1) is 18.8 Å². The van der Waals surface area contributed by atoms with Crippen molar-refractivity contribution in [2.45, 2.75) is 33.0 Å². The molecule has 0 spiro atoms. The Hall–Kier alpha value is -1.26. The fraction of sp³-hybridized carbons (Fsp3) is 0.444. The lowest BCUT2D eigenvalue weighted by atomic mass is 10.2. The average Bonchev–Trinajstić information content (AvgIpc) is 3.07. The molecule has 8 heteroatoms. The van der Waals surface area contributed by atoms with Gasteiger partial charge in [-0.3, -0.25) is 0 Å².